The molecule has 0 N–H and O–H groups in total. The molecule has 0 heterocycles. The molecule has 2 aromatic rings. The van der Waals surface area contributed by atoms with Crippen molar-refractivity contribution in [2.45, 2.75) is 23.6 Å². The van der Waals surface area contributed by atoms with Gasteiger partial charge in [-0.3, -0.25) is 4.99 Å². The molecule has 0 saturated heterocycles. The van der Waals surface area contributed by atoms with Gasteiger partial charge in [0.25, 0.3) is 0 Å². The lowest BCUT2D eigenvalue weighted by molar-refractivity contribution is 0.354. The van der Waals surface area contributed by atoms with Crippen molar-refractivity contribution in [2.24, 2.45) is 4.99 Å². The van der Waals surface area contributed by atoms with Crippen molar-refractivity contribution in [1.29, 1.82) is 0 Å². The van der Waals surface area contributed by atoms with Gasteiger partial charge in [-0.15, -0.1) is 0 Å². The van der Waals surface area contributed by atoms with Crippen molar-refractivity contribution >= 4 is 16.6 Å². The largest absolute Gasteiger partial charge is 0.493 e. The van der Waals surface area contributed by atoms with Crippen LogP contribution < -0.4 is 9.47 Å². The van der Waals surface area contributed by atoms with E-state index in [-0.39, 0.29) is 11.3 Å². The molecule has 6 heteroatoms. The minimum absolute atomic E-state index is 0.208. The van der Waals surface area contributed by atoms with Gasteiger partial charge in [-0.1, -0.05) is 23.8 Å². The Kier molecular flexibility index (Phi) is 5.62. The van der Waals surface area contributed by atoms with E-state index >= 15 is 0 Å². The van der Waals surface area contributed by atoms with Crippen LogP contribution in [0.25, 0.3) is 0 Å². The van der Waals surface area contributed by atoms with Gasteiger partial charge in [-0.25, -0.2) is 8.42 Å². The number of sulfone groups is 1. The normalized spacial score (nSPS) is 12.5. The molecule has 0 unspecified atom stereocenters. The molecule has 2 rings (SSSR count). The third-order valence-electron chi connectivity index (χ3n) is 3.77. The van der Waals surface area contributed by atoms with E-state index in [0.29, 0.717) is 11.5 Å². The first-order valence-electron chi connectivity index (χ1n) is 7.39. The van der Waals surface area contributed by atoms with Gasteiger partial charge in [0.2, 0.25) is 9.84 Å². The monoisotopic (exact) mass is 347 g/mol. The lowest BCUT2D eigenvalue weighted by Crippen LogP contribution is -2.22. The molecule has 0 radical (unpaired) electrons. The summed E-state index contributed by atoms with van der Waals surface area (Å²) in [6.07, 6.45) is 0.208. The third kappa shape index (κ3) is 3.76. The summed E-state index contributed by atoms with van der Waals surface area (Å²) in [4.78, 5) is 4.08. The first-order chi connectivity index (χ1) is 11.4. The minimum Gasteiger partial charge on any atom is -0.493 e. The highest BCUT2D eigenvalue weighted by Gasteiger charge is 2.26. The maximum absolute atomic E-state index is 12.8. The van der Waals surface area contributed by atoms with Crippen LogP contribution in [0, 0.1) is 6.92 Å². The molecule has 1 atom stereocenters. The summed E-state index contributed by atoms with van der Waals surface area (Å²) in [7, 11) is -0.518. The number of aliphatic imine (C=N–C) groups is 1. The van der Waals surface area contributed by atoms with Crippen molar-refractivity contribution in [3.8, 4) is 11.5 Å². The highest BCUT2D eigenvalue weighted by Crippen LogP contribution is 2.29. The molecular weight excluding hydrogens is 326 g/mol. The average Bonchev–Trinajstić information content (AvgIpc) is 2.59. The SMILES string of the molecule is C=N[C@@H](Cc1ccc(OC)c(OC)c1)S(=O)(=O)c1ccc(C)cc1. The minimum atomic E-state index is -3.60. The van der Waals surface area contributed by atoms with Crippen LogP contribution in [0.3, 0.4) is 0 Å². The van der Waals surface area contributed by atoms with Crippen LogP contribution in [0.2, 0.25) is 0 Å². The van der Waals surface area contributed by atoms with Crippen molar-refractivity contribution in [2.75, 3.05) is 14.2 Å². The Bertz CT molecular complexity index is 813. The van der Waals surface area contributed by atoms with Crippen LogP contribution in [0.5, 0.6) is 11.5 Å². The molecule has 0 amide bonds. The molecule has 0 spiro atoms. The van der Waals surface area contributed by atoms with Crippen molar-refractivity contribution in [3.05, 3.63) is 53.6 Å². The summed E-state index contributed by atoms with van der Waals surface area (Å²) in [6.45, 7) is 5.36. The van der Waals surface area contributed by atoms with Gasteiger partial charge in [-0.05, 0) is 43.5 Å². The Morgan fingerprint density at radius 2 is 1.67 bits per heavy atom. The molecule has 24 heavy (non-hydrogen) atoms. The average molecular weight is 347 g/mol. The van der Waals surface area contributed by atoms with Gasteiger partial charge in [0.1, 0.15) is 0 Å². The van der Waals surface area contributed by atoms with E-state index in [0.717, 1.165) is 11.1 Å². The van der Waals surface area contributed by atoms with E-state index in [1.165, 1.54) is 7.11 Å². The maximum atomic E-state index is 12.8. The van der Waals surface area contributed by atoms with Gasteiger partial charge in [0.05, 0.1) is 19.1 Å². The summed E-state index contributed by atoms with van der Waals surface area (Å²) < 4.78 is 36.0. The number of methoxy groups -OCH3 is 2. The summed E-state index contributed by atoms with van der Waals surface area (Å²) in [6, 6.07) is 12.0. The highest BCUT2D eigenvalue weighted by atomic mass is 32.2. The second kappa shape index (κ2) is 7.49. The lowest BCUT2D eigenvalue weighted by Gasteiger charge is -2.15. The Morgan fingerprint density at radius 3 is 2.21 bits per heavy atom. The van der Waals surface area contributed by atoms with Gasteiger partial charge >= 0.3 is 0 Å². The number of benzene rings is 2. The Balaban J connectivity index is 2.32. The van der Waals surface area contributed by atoms with Gasteiger partial charge in [-0.2, -0.15) is 0 Å². The summed E-state index contributed by atoms with van der Waals surface area (Å²) in [5.74, 6) is 1.14. The van der Waals surface area contributed by atoms with E-state index in [9.17, 15) is 8.42 Å². The van der Waals surface area contributed by atoms with Gasteiger partial charge in [0.15, 0.2) is 16.9 Å². The third-order valence-corrected chi connectivity index (χ3v) is 5.73. The lowest BCUT2D eigenvalue weighted by atomic mass is 10.1. The molecule has 0 saturated carbocycles. The molecule has 2 aromatic carbocycles. The summed E-state index contributed by atoms with van der Waals surface area (Å²) in [5.41, 5.74) is 1.78. The van der Waals surface area contributed by atoms with Gasteiger partial charge in [0, 0.05) is 6.42 Å². The Morgan fingerprint density at radius 1 is 1.04 bits per heavy atom. The first kappa shape index (κ1) is 18.0. The topological polar surface area (TPSA) is 65.0 Å². The zero-order valence-corrected chi connectivity index (χ0v) is 14.8. The number of aryl methyl sites for hydroxylation is 1. The molecule has 0 aliphatic carbocycles. The van der Waals surface area contributed by atoms with Crippen LogP contribution in [-0.2, 0) is 16.3 Å². The molecular formula is C18H21NO4S. The second-order valence-corrected chi connectivity index (χ2v) is 7.49. The summed E-state index contributed by atoms with van der Waals surface area (Å²) >= 11 is 0. The zero-order chi connectivity index (χ0) is 17.7. The van der Waals surface area contributed by atoms with Crippen molar-refractivity contribution in [3.63, 3.8) is 0 Å². The summed E-state index contributed by atoms with van der Waals surface area (Å²) in [5, 5.41) is -0.960. The van der Waals surface area contributed by atoms with Crippen LogP contribution in [0.1, 0.15) is 11.1 Å². The van der Waals surface area contributed by atoms with Crippen LogP contribution in [0.15, 0.2) is 52.4 Å². The molecule has 0 fully saturated rings. The number of hydrogen-bond acceptors (Lipinski definition) is 5. The van der Waals surface area contributed by atoms with Crippen LogP contribution in [0.4, 0.5) is 0 Å². The quantitative estimate of drug-likeness (QED) is 0.722. The number of nitrogens with zero attached hydrogens (tertiary/aromatic N) is 1. The molecule has 5 nitrogen and oxygen atoms in total. The van der Waals surface area contributed by atoms with E-state index in [2.05, 4.69) is 11.7 Å². The van der Waals surface area contributed by atoms with Crippen LogP contribution in [-0.4, -0.2) is 34.7 Å². The molecule has 0 aliphatic heterocycles. The molecule has 128 valence electrons. The van der Waals surface area contributed by atoms with Crippen molar-refractivity contribution in [1.82, 2.24) is 0 Å². The maximum Gasteiger partial charge on any atom is 0.201 e. The Hall–Kier alpha value is -2.34. The predicted molar refractivity (Wildman–Crippen MR) is 95.0 cm³/mol. The molecule has 0 aliphatic rings. The first-order valence-corrected chi connectivity index (χ1v) is 8.94. The predicted octanol–water partition coefficient (Wildman–Crippen LogP) is 3.06. The van der Waals surface area contributed by atoms with Crippen molar-refractivity contribution < 1.29 is 17.9 Å². The fraction of sp³-hybridized carbons (Fsp3) is 0.278. The van der Waals surface area contributed by atoms with E-state index in [4.69, 9.17) is 9.47 Å². The van der Waals surface area contributed by atoms with Gasteiger partial charge < -0.3 is 9.47 Å². The fourth-order valence-electron chi connectivity index (χ4n) is 2.37. The number of hydrogen-bond donors (Lipinski definition) is 0. The fourth-order valence-corrected chi connectivity index (χ4v) is 3.80. The number of ether oxygens (including phenoxy) is 2. The standard InChI is InChI=1S/C18H21NO4S/c1-13-5-8-15(9-6-13)24(20,21)18(19-2)12-14-7-10-16(22-3)17(11-14)23-4/h5-11,18H,2,12H2,1,3-4H3/t18-/m1/s1. The van der Waals surface area contributed by atoms with E-state index < -0.39 is 15.2 Å². The van der Waals surface area contributed by atoms with E-state index in [1.54, 1.807) is 49.6 Å². The highest BCUT2D eigenvalue weighted by molar-refractivity contribution is 7.92. The molecule has 0 aromatic heterocycles. The second-order valence-electron chi connectivity index (χ2n) is 5.39. The zero-order valence-electron chi connectivity index (χ0n) is 14.0. The van der Waals surface area contributed by atoms with Crippen LogP contribution >= 0.6 is 0 Å². The smallest absolute Gasteiger partial charge is 0.201 e. The number of rotatable bonds is 7. The Labute approximate surface area is 142 Å². The molecule has 0 bridgehead atoms. The van der Waals surface area contributed by atoms with E-state index in [1.807, 2.05) is 6.92 Å².